The summed E-state index contributed by atoms with van der Waals surface area (Å²) in [6, 6.07) is 14.0. The minimum absolute atomic E-state index is 0.189. The topological polar surface area (TPSA) is 87.8 Å². The minimum atomic E-state index is -0.985. The first-order chi connectivity index (χ1) is 12.7. The van der Waals surface area contributed by atoms with Crippen LogP contribution in [0.2, 0.25) is 0 Å². The van der Waals surface area contributed by atoms with Crippen LogP contribution in [-0.2, 0) is 6.42 Å². The lowest BCUT2D eigenvalue weighted by Crippen LogP contribution is -1.96. The number of aromatic amines is 1. The fourth-order valence-corrected chi connectivity index (χ4v) is 2.79. The van der Waals surface area contributed by atoms with Crippen molar-refractivity contribution in [2.24, 2.45) is 0 Å². The van der Waals surface area contributed by atoms with Gasteiger partial charge in [0.1, 0.15) is 23.3 Å². The molecule has 0 bridgehead atoms. The molecule has 0 saturated heterocycles. The van der Waals surface area contributed by atoms with Crippen LogP contribution in [0, 0.1) is 5.82 Å². The van der Waals surface area contributed by atoms with Gasteiger partial charge in [-0.05, 0) is 29.8 Å². The highest BCUT2D eigenvalue weighted by Gasteiger charge is 2.14. The molecule has 4 rings (SSSR count). The fourth-order valence-electron chi connectivity index (χ4n) is 2.79. The summed E-state index contributed by atoms with van der Waals surface area (Å²) in [6.45, 7) is 0. The largest absolute Gasteiger partial charge is 0.460 e. The predicted octanol–water partition coefficient (Wildman–Crippen LogP) is 3.42. The lowest BCUT2D eigenvalue weighted by Gasteiger charge is -2.02. The van der Waals surface area contributed by atoms with E-state index < -0.39 is 6.10 Å². The van der Waals surface area contributed by atoms with Crippen LogP contribution in [0.25, 0.3) is 17.0 Å². The van der Waals surface area contributed by atoms with Gasteiger partial charge in [0, 0.05) is 17.4 Å². The molecule has 130 valence electrons. The Balaban J connectivity index is 1.70. The maximum atomic E-state index is 13.1. The van der Waals surface area contributed by atoms with E-state index in [2.05, 4.69) is 20.6 Å². The van der Waals surface area contributed by atoms with E-state index in [4.69, 9.17) is 4.42 Å². The molecule has 0 fully saturated rings. The quantitative estimate of drug-likeness (QED) is 0.576. The van der Waals surface area contributed by atoms with Crippen LogP contribution in [0.5, 0.6) is 0 Å². The van der Waals surface area contributed by atoms with Crippen LogP contribution in [0.3, 0.4) is 0 Å². The van der Waals surface area contributed by atoms with Crippen molar-refractivity contribution in [3.63, 3.8) is 0 Å². The number of nitrogens with one attached hydrogen (secondary N) is 1. The van der Waals surface area contributed by atoms with Crippen molar-refractivity contribution in [3.05, 3.63) is 83.1 Å². The highest BCUT2D eigenvalue weighted by Crippen LogP contribution is 2.29. The number of rotatable bonds is 5. The van der Waals surface area contributed by atoms with E-state index in [9.17, 15) is 9.50 Å². The van der Waals surface area contributed by atoms with E-state index >= 15 is 0 Å². The maximum Gasteiger partial charge on any atom is 0.206 e. The third-order valence-corrected chi connectivity index (χ3v) is 4.06. The van der Waals surface area contributed by atoms with E-state index in [1.54, 1.807) is 24.3 Å². The third kappa shape index (κ3) is 3.25. The Morgan fingerprint density at radius 3 is 2.73 bits per heavy atom. The van der Waals surface area contributed by atoms with E-state index in [0.29, 0.717) is 6.42 Å². The number of fused-ring (bicyclic) bond motifs is 1. The lowest BCUT2D eigenvalue weighted by molar-refractivity contribution is 0.219. The van der Waals surface area contributed by atoms with Gasteiger partial charge in [0.2, 0.25) is 5.82 Å². The molecule has 1 atom stereocenters. The number of hydrogen-bond donors (Lipinski definition) is 2. The van der Waals surface area contributed by atoms with Crippen molar-refractivity contribution in [2.45, 2.75) is 12.5 Å². The fraction of sp³-hybridized carbons (Fsp3) is 0.105. The summed E-state index contributed by atoms with van der Waals surface area (Å²) in [7, 11) is 0. The number of aromatic nitrogens is 4. The second kappa shape index (κ2) is 6.89. The summed E-state index contributed by atoms with van der Waals surface area (Å²) in [6.07, 6.45) is 2.88. The van der Waals surface area contributed by atoms with Crippen molar-refractivity contribution in [1.82, 2.24) is 20.6 Å². The average molecular weight is 350 g/mol. The van der Waals surface area contributed by atoms with Gasteiger partial charge in [-0.3, -0.25) is 0 Å². The Hall–Kier alpha value is -3.32. The van der Waals surface area contributed by atoms with Gasteiger partial charge in [-0.15, -0.1) is 10.2 Å². The molecule has 0 aliphatic heterocycles. The molecule has 2 aromatic carbocycles. The molecule has 0 saturated carbocycles. The van der Waals surface area contributed by atoms with Gasteiger partial charge in [0.15, 0.2) is 0 Å². The number of aliphatic hydroxyl groups is 1. The van der Waals surface area contributed by atoms with Crippen LogP contribution < -0.4 is 0 Å². The molecule has 4 aromatic rings. The van der Waals surface area contributed by atoms with E-state index in [0.717, 1.165) is 27.9 Å². The predicted molar refractivity (Wildman–Crippen MR) is 93.6 cm³/mol. The molecule has 2 heterocycles. The first-order valence-corrected chi connectivity index (χ1v) is 8.05. The number of tetrazole rings is 1. The summed E-state index contributed by atoms with van der Waals surface area (Å²) in [5, 5.41) is 24.4. The molecule has 7 heteroatoms. The van der Waals surface area contributed by atoms with Crippen molar-refractivity contribution in [3.8, 4) is 0 Å². The maximum absolute atomic E-state index is 13.1. The number of halogens is 1. The monoisotopic (exact) mass is 350 g/mol. The molecule has 2 aromatic heterocycles. The highest BCUT2D eigenvalue weighted by molar-refractivity contribution is 5.88. The summed E-state index contributed by atoms with van der Waals surface area (Å²) < 4.78 is 19.1. The number of H-pyrrole nitrogens is 1. The second-order valence-electron chi connectivity index (χ2n) is 5.81. The summed E-state index contributed by atoms with van der Waals surface area (Å²) >= 11 is 0. The van der Waals surface area contributed by atoms with E-state index in [1.165, 1.54) is 12.1 Å². The molecule has 0 aliphatic rings. The van der Waals surface area contributed by atoms with Gasteiger partial charge in [0.25, 0.3) is 0 Å². The van der Waals surface area contributed by atoms with Crippen LogP contribution in [0.1, 0.15) is 28.8 Å². The number of para-hydroxylation sites is 1. The second-order valence-corrected chi connectivity index (χ2v) is 5.81. The molecule has 6 nitrogen and oxygen atoms in total. The summed E-state index contributed by atoms with van der Waals surface area (Å²) in [4.78, 5) is 0. The zero-order valence-electron chi connectivity index (χ0n) is 13.6. The first kappa shape index (κ1) is 16.2. The number of benzene rings is 2. The SMILES string of the molecule is OC(C=Cc1c(Cc2ccc(F)cc2)oc2ccccc12)c1nn[nH]n1. The normalized spacial score (nSPS) is 12.8. The zero-order chi connectivity index (χ0) is 17.9. The molecular formula is C19H15FN4O2. The number of furan rings is 1. The van der Waals surface area contributed by atoms with E-state index in [1.807, 2.05) is 24.3 Å². The smallest absolute Gasteiger partial charge is 0.206 e. The van der Waals surface area contributed by atoms with Crippen LogP contribution >= 0.6 is 0 Å². The minimum Gasteiger partial charge on any atom is -0.460 e. The van der Waals surface area contributed by atoms with Gasteiger partial charge in [0.05, 0.1) is 0 Å². The summed E-state index contributed by atoms with van der Waals surface area (Å²) in [5.41, 5.74) is 2.53. The standard InChI is InChI=1S/C19H15FN4O2/c20-13-7-5-12(6-8-13)11-18-15(14-3-1-2-4-17(14)26-18)9-10-16(25)19-21-23-24-22-19/h1-10,16,25H,11H2,(H,21,22,23,24). The van der Waals surface area contributed by atoms with Crippen molar-refractivity contribution in [1.29, 1.82) is 0 Å². The van der Waals surface area contributed by atoms with Gasteiger partial charge in [-0.25, -0.2) is 4.39 Å². The Morgan fingerprint density at radius 2 is 1.96 bits per heavy atom. The first-order valence-electron chi connectivity index (χ1n) is 8.05. The Kier molecular flexibility index (Phi) is 4.28. The van der Waals surface area contributed by atoms with Crippen LogP contribution in [0.4, 0.5) is 4.39 Å². The van der Waals surface area contributed by atoms with Crippen molar-refractivity contribution < 1.29 is 13.9 Å². The summed E-state index contributed by atoms with van der Waals surface area (Å²) in [5.74, 6) is 0.644. The molecule has 0 aliphatic carbocycles. The van der Waals surface area contributed by atoms with E-state index in [-0.39, 0.29) is 11.6 Å². The Labute approximate surface area is 148 Å². The molecule has 26 heavy (non-hydrogen) atoms. The number of aliphatic hydroxyl groups excluding tert-OH is 1. The third-order valence-electron chi connectivity index (χ3n) is 4.06. The van der Waals surface area contributed by atoms with Crippen molar-refractivity contribution in [2.75, 3.05) is 0 Å². The van der Waals surface area contributed by atoms with Gasteiger partial charge in [-0.2, -0.15) is 5.21 Å². The van der Waals surface area contributed by atoms with Gasteiger partial charge in [-0.1, -0.05) is 41.6 Å². The number of nitrogens with zero attached hydrogens (tertiary/aromatic N) is 3. The zero-order valence-corrected chi connectivity index (χ0v) is 13.6. The number of hydrogen-bond acceptors (Lipinski definition) is 5. The van der Waals surface area contributed by atoms with Gasteiger partial charge < -0.3 is 9.52 Å². The molecule has 0 spiro atoms. The van der Waals surface area contributed by atoms with Crippen molar-refractivity contribution >= 4 is 17.0 Å². The molecule has 0 amide bonds. The highest BCUT2D eigenvalue weighted by atomic mass is 19.1. The lowest BCUT2D eigenvalue weighted by atomic mass is 10.0. The van der Waals surface area contributed by atoms with Crippen LogP contribution in [-0.4, -0.2) is 25.7 Å². The molecule has 0 radical (unpaired) electrons. The Bertz CT molecular complexity index is 1040. The molecule has 2 N–H and O–H groups in total. The van der Waals surface area contributed by atoms with Gasteiger partial charge >= 0.3 is 0 Å². The molecule has 1 unspecified atom stereocenters. The van der Waals surface area contributed by atoms with Crippen LogP contribution in [0.15, 0.2) is 59.0 Å². The molecular weight excluding hydrogens is 335 g/mol. The Morgan fingerprint density at radius 1 is 1.15 bits per heavy atom. The average Bonchev–Trinajstić information content (AvgIpc) is 3.30.